The van der Waals surface area contributed by atoms with Crippen molar-refractivity contribution in [3.63, 3.8) is 0 Å². The van der Waals surface area contributed by atoms with E-state index in [4.69, 9.17) is 5.11 Å². The number of hydrogen-bond acceptors (Lipinski definition) is 4. The smallest absolute Gasteiger partial charge is 0.263 e. The molecular formula is C11H8F3NO3S2. The van der Waals surface area contributed by atoms with Gasteiger partial charge in [0, 0.05) is 0 Å². The predicted molar refractivity (Wildman–Crippen MR) is 67.4 cm³/mol. The molecule has 1 aromatic heterocycles. The number of sulfonamides is 1. The number of benzene rings is 1. The van der Waals surface area contributed by atoms with Crippen LogP contribution in [0.25, 0.3) is 0 Å². The van der Waals surface area contributed by atoms with Gasteiger partial charge in [-0.25, -0.2) is 21.6 Å². The molecule has 0 aliphatic rings. The molecule has 0 saturated heterocycles. The molecule has 9 heteroatoms. The standard InChI is InChI=1S/C11H8F3NO3S2/c12-6-1-2-7(11(14)10(6)13)15-20(17,18)9-3-4-19-8(9)5-16/h1-4,15-16H,5H2. The molecular weight excluding hydrogens is 315 g/mol. The Balaban J connectivity index is 2.42. The van der Waals surface area contributed by atoms with Crippen LogP contribution in [0.4, 0.5) is 18.9 Å². The first kappa shape index (κ1) is 14.8. The fourth-order valence-corrected chi connectivity index (χ4v) is 3.84. The summed E-state index contributed by atoms with van der Waals surface area (Å²) in [6.07, 6.45) is 0. The summed E-state index contributed by atoms with van der Waals surface area (Å²) >= 11 is 1.000. The first-order chi connectivity index (χ1) is 9.36. The maximum absolute atomic E-state index is 13.4. The van der Waals surface area contributed by atoms with E-state index in [0.717, 1.165) is 17.4 Å². The van der Waals surface area contributed by atoms with Gasteiger partial charge in [-0.05, 0) is 23.6 Å². The van der Waals surface area contributed by atoms with Gasteiger partial charge in [-0.2, -0.15) is 0 Å². The van der Waals surface area contributed by atoms with Crippen LogP contribution in [0.1, 0.15) is 4.88 Å². The summed E-state index contributed by atoms with van der Waals surface area (Å²) in [4.78, 5) is -0.0883. The van der Waals surface area contributed by atoms with Crippen molar-refractivity contribution in [2.45, 2.75) is 11.5 Å². The highest BCUT2D eigenvalue weighted by Gasteiger charge is 2.22. The van der Waals surface area contributed by atoms with Crippen LogP contribution in [0, 0.1) is 17.5 Å². The van der Waals surface area contributed by atoms with Crippen LogP contribution < -0.4 is 4.72 Å². The lowest BCUT2D eigenvalue weighted by Crippen LogP contribution is -2.15. The Morgan fingerprint density at radius 1 is 1.15 bits per heavy atom. The third kappa shape index (κ3) is 2.65. The Hall–Kier alpha value is -1.58. The number of anilines is 1. The molecule has 0 spiro atoms. The Bertz CT molecular complexity index is 743. The monoisotopic (exact) mass is 323 g/mol. The second kappa shape index (κ2) is 5.43. The minimum atomic E-state index is -4.19. The lowest BCUT2D eigenvalue weighted by Gasteiger charge is -2.09. The summed E-state index contributed by atoms with van der Waals surface area (Å²) in [5.74, 6) is -4.82. The van der Waals surface area contributed by atoms with Gasteiger partial charge in [-0.15, -0.1) is 11.3 Å². The molecule has 0 aliphatic heterocycles. The van der Waals surface area contributed by atoms with Crippen LogP contribution in [0.2, 0.25) is 0 Å². The normalized spacial score (nSPS) is 11.6. The minimum absolute atomic E-state index is 0.153. The zero-order valence-corrected chi connectivity index (χ0v) is 11.4. The largest absolute Gasteiger partial charge is 0.391 e. The quantitative estimate of drug-likeness (QED) is 0.850. The van der Waals surface area contributed by atoms with Crippen LogP contribution in [0.15, 0.2) is 28.5 Å². The average molecular weight is 323 g/mol. The number of rotatable bonds is 4. The minimum Gasteiger partial charge on any atom is -0.391 e. The number of aliphatic hydroxyl groups is 1. The van der Waals surface area contributed by atoms with E-state index < -0.39 is 39.8 Å². The molecule has 0 amide bonds. The van der Waals surface area contributed by atoms with Gasteiger partial charge >= 0.3 is 0 Å². The van der Waals surface area contributed by atoms with Gasteiger partial charge in [0.15, 0.2) is 17.5 Å². The van der Waals surface area contributed by atoms with Crippen molar-refractivity contribution < 1.29 is 26.7 Å². The molecule has 1 aromatic carbocycles. The van der Waals surface area contributed by atoms with Crippen molar-refractivity contribution in [3.8, 4) is 0 Å². The number of thiophene rings is 1. The summed E-state index contributed by atoms with van der Waals surface area (Å²) in [5, 5.41) is 10.4. The average Bonchev–Trinajstić information content (AvgIpc) is 2.89. The third-order valence-corrected chi connectivity index (χ3v) is 4.90. The van der Waals surface area contributed by atoms with E-state index in [0.29, 0.717) is 6.07 Å². The molecule has 108 valence electrons. The van der Waals surface area contributed by atoms with E-state index in [-0.39, 0.29) is 9.77 Å². The van der Waals surface area contributed by atoms with Gasteiger partial charge in [0.25, 0.3) is 10.0 Å². The maximum atomic E-state index is 13.4. The number of aliphatic hydroxyl groups excluding tert-OH is 1. The molecule has 2 N–H and O–H groups in total. The van der Waals surface area contributed by atoms with Gasteiger partial charge in [0.1, 0.15) is 4.90 Å². The molecule has 1 heterocycles. The Labute approximate surface area is 116 Å². The summed E-state index contributed by atoms with van der Waals surface area (Å²) in [5.41, 5.74) is -0.709. The fraction of sp³-hybridized carbons (Fsp3) is 0.0909. The number of halogens is 3. The van der Waals surface area contributed by atoms with E-state index in [9.17, 15) is 21.6 Å². The van der Waals surface area contributed by atoms with Crippen LogP contribution in [-0.4, -0.2) is 13.5 Å². The lowest BCUT2D eigenvalue weighted by atomic mass is 10.3. The van der Waals surface area contributed by atoms with Crippen LogP contribution in [-0.2, 0) is 16.6 Å². The first-order valence-electron chi connectivity index (χ1n) is 5.20. The van der Waals surface area contributed by atoms with E-state index >= 15 is 0 Å². The Morgan fingerprint density at radius 3 is 2.50 bits per heavy atom. The highest BCUT2D eigenvalue weighted by Crippen LogP contribution is 2.26. The van der Waals surface area contributed by atoms with Gasteiger partial charge in [-0.3, -0.25) is 4.72 Å². The van der Waals surface area contributed by atoms with Crippen molar-refractivity contribution in [2.75, 3.05) is 4.72 Å². The van der Waals surface area contributed by atoms with E-state index in [1.807, 2.05) is 4.72 Å². The fourth-order valence-electron chi connectivity index (χ4n) is 1.49. The van der Waals surface area contributed by atoms with Gasteiger partial charge in [-0.1, -0.05) is 0 Å². The molecule has 0 unspecified atom stereocenters. The zero-order valence-electron chi connectivity index (χ0n) is 9.73. The summed E-state index contributed by atoms with van der Waals surface area (Å²) < 4.78 is 65.0. The number of nitrogens with one attached hydrogen (secondary N) is 1. The molecule has 20 heavy (non-hydrogen) atoms. The molecule has 0 fully saturated rings. The first-order valence-corrected chi connectivity index (χ1v) is 7.56. The van der Waals surface area contributed by atoms with Gasteiger partial charge in [0.2, 0.25) is 0 Å². The van der Waals surface area contributed by atoms with Crippen molar-refractivity contribution in [2.24, 2.45) is 0 Å². The lowest BCUT2D eigenvalue weighted by molar-refractivity contribution is 0.282. The molecule has 4 nitrogen and oxygen atoms in total. The van der Waals surface area contributed by atoms with Crippen molar-refractivity contribution in [1.82, 2.24) is 0 Å². The zero-order chi connectivity index (χ0) is 14.9. The Morgan fingerprint density at radius 2 is 1.85 bits per heavy atom. The summed E-state index contributed by atoms with van der Waals surface area (Å²) in [6, 6.07) is 2.60. The van der Waals surface area contributed by atoms with Crippen LogP contribution >= 0.6 is 11.3 Å². The van der Waals surface area contributed by atoms with E-state index in [1.165, 1.54) is 11.4 Å². The van der Waals surface area contributed by atoms with Crippen LogP contribution in [0.3, 0.4) is 0 Å². The molecule has 2 rings (SSSR count). The van der Waals surface area contributed by atoms with Crippen molar-refractivity contribution in [3.05, 3.63) is 45.9 Å². The van der Waals surface area contributed by atoms with E-state index in [1.54, 1.807) is 0 Å². The summed E-state index contributed by atoms with van der Waals surface area (Å²) in [6.45, 7) is -0.506. The molecule has 2 aromatic rings. The molecule has 0 radical (unpaired) electrons. The molecule has 0 saturated carbocycles. The molecule has 0 bridgehead atoms. The van der Waals surface area contributed by atoms with Crippen molar-refractivity contribution >= 4 is 27.0 Å². The highest BCUT2D eigenvalue weighted by atomic mass is 32.2. The third-order valence-electron chi connectivity index (χ3n) is 2.42. The topological polar surface area (TPSA) is 66.4 Å². The van der Waals surface area contributed by atoms with Gasteiger partial charge < -0.3 is 5.11 Å². The Kier molecular flexibility index (Phi) is 4.02. The van der Waals surface area contributed by atoms with Crippen LogP contribution in [0.5, 0.6) is 0 Å². The highest BCUT2D eigenvalue weighted by molar-refractivity contribution is 7.93. The predicted octanol–water partition coefficient (Wildman–Crippen LogP) is 2.46. The SMILES string of the molecule is O=S(=O)(Nc1ccc(F)c(F)c1F)c1ccsc1CO. The van der Waals surface area contributed by atoms with E-state index in [2.05, 4.69) is 0 Å². The maximum Gasteiger partial charge on any atom is 0.263 e. The van der Waals surface area contributed by atoms with Crippen molar-refractivity contribution in [1.29, 1.82) is 0 Å². The molecule has 0 atom stereocenters. The summed E-state index contributed by atoms with van der Waals surface area (Å²) in [7, 11) is -4.19. The second-order valence-electron chi connectivity index (χ2n) is 3.69. The number of hydrogen-bond donors (Lipinski definition) is 2. The molecule has 0 aliphatic carbocycles. The van der Waals surface area contributed by atoms with Gasteiger partial charge in [0.05, 0.1) is 17.2 Å². The second-order valence-corrected chi connectivity index (χ2v) is 6.35.